The molecule has 0 amide bonds. The summed E-state index contributed by atoms with van der Waals surface area (Å²) in [5.74, 6) is -0.0759. The summed E-state index contributed by atoms with van der Waals surface area (Å²) < 4.78 is 43.6. The number of hydrogen-bond donors (Lipinski definition) is 1. The van der Waals surface area contributed by atoms with Gasteiger partial charge in [-0.1, -0.05) is 0 Å². The molecular formula is C10H14F3N3O. The van der Waals surface area contributed by atoms with Crippen LogP contribution in [0, 0.1) is 0 Å². The summed E-state index contributed by atoms with van der Waals surface area (Å²) in [5, 5.41) is 2.47. The molecule has 0 saturated heterocycles. The predicted octanol–water partition coefficient (Wildman–Crippen LogP) is 2.42. The highest BCUT2D eigenvalue weighted by atomic mass is 19.4. The smallest absolute Gasteiger partial charge is 0.374 e. The minimum atomic E-state index is -4.54. The molecule has 4 nitrogen and oxygen atoms in total. The zero-order valence-electron chi connectivity index (χ0n) is 10.0. The maximum atomic E-state index is 12.9. The largest absolute Gasteiger partial charge is 0.433 e. The van der Waals surface area contributed by atoms with Crippen molar-refractivity contribution in [2.24, 2.45) is 0 Å². The summed E-state index contributed by atoms with van der Waals surface area (Å²) in [4.78, 5) is 7.23. The summed E-state index contributed by atoms with van der Waals surface area (Å²) in [6.45, 7) is 3.06. The molecule has 1 aromatic heterocycles. The van der Waals surface area contributed by atoms with Crippen LogP contribution in [0.5, 0.6) is 0 Å². The molecule has 0 aliphatic rings. The van der Waals surface area contributed by atoms with Crippen LogP contribution >= 0.6 is 0 Å². The number of aromatic nitrogens is 2. The highest BCUT2D eigenvalue weighted by molar-refractivity contribution is 5.33. The molecule has 1 N–H and O–H groups in total. The van der Waals surface area contributed by atoms with E-state index in [-0.39, 0.29) is 11.5 Å². The van der Waals surface area contributed by atoms with Crippen molar-refractivity contribution in [2.75, 3.05) is 19.5 Å². The second-order valence-corrected chi connectivity index (χ2v) is 3.92. The Morgan fingerprint density at radius 1 is 1.29 bits per heavy atom. The molecule has 1 aromatic rings. The highest BCUT2D eigenvalue weighted by Gasteiger charge is 2.40. The first-order valence-electron chi connectivity index (χ1n) is 4.90. The molecule has 0 bridgehead atoms. The Morgan fingerprint density at radius 2 is 1.88 bits per heavy atom. The third-order valence-electron chi connectivity index (χ3n) is 2.44. The molecule has 1 rings (SSSR count). The summed E-state index contributed by atoms with van der Waals surface area (Å²) in [6.07, 6.45) is -3.41. The Labute approximate surface area is 97.2 Å². The second-order valence-electron chi connectivity index (χ2n) is 3.92. The molecule has 7 heteroatoms. The Hall–Kier alpha value is -1.37. The van der Waals surface area contributed by atoms with E-state index in [2.05, 4.69) is 15.3 Å². The van der Waals surface area contributed by atoms with Crippen molar-refractivity contribution in [1.29, 1.82) is 0 Å². The van der Waals surface area contributed by atoms with Crippen LogP contribution in [0.2, 0.25) is 0 Å². The van der Waals surface area contributed by atoms with Gasteiger partial charge in [-0.15, -0.1) is 0 Å². The van der Waals surface area contributed by atoms with E-state index in [4.69, 9.17) is 4.74 Å². The van der Waals surface area contributed by atoms with Crippen molar-refractivity contribution in [1.82, 2.24) is 9.97 Å². The number of nitrogens with one attached hydrogen (secondary N) is 1. The maximum Gasteiger partial charge on any atom is 0.433 e. The minimum absolute atomic E-state index is 0.0759. The lowest BCUT2D eigenvalue weighted by atomic mass is 9.97. The van der Waals surface area contributed by atoms with Crippen LogP contribution in [0.3, 0.4) is 0 Å². The second kappa shape index (κ2) is 4.48. The lowest BCUT2D eigenvalue weighted by Crippen LogP contribution is -2.26. The fraction of sp³-hybridized carbons (Fsp3) is 0.600. The van der Waals surface area contributed by atoms with Gasteiger partial charge in [0.15, 0.2) is 5.69 Å². The first kappa shape index (κ1) is 13.7. The normalized spacial score (nSPS) is 12.6. The maximum absolute atomic E-state index is 12.9. The predicted molar refractivity (Wildman–Crippen MR) is 56.6 cm³/mol. The lowest BCUT2D eigenvalue weighted by molar-refractivity contribution is -0.144. The van der Waals surface area contributed by atoms with Crippen LogP contribution in [0.1, 0.15) is 25.1 Å². The SMILES string of the molecule is CNc1ncc(C(C)(C)OC)c(C(F)(F)F)n1. The monoisotopic (exact) mass is 249 g/mol. The van der Waals surface area contributed by atoms with Crippen LogP contribution in [0.4, 0.5) is 19.1 Å². The summed E-state index contributed by atoms with van der Waals surface area (Å²) >= 11 is 0. The van der Waals surface area contributed by atoms with Gasteiger partial charge in [0.05, 0.1) is 5.60 Å². The fourth-order valence-electron chi connectivity index (χ4n) is 1.27. The van der Waals surface area contributed by atoms with Crippen molar-refractivity contribution < 1.29 is 17.9 Å². The Kier molecular flexibility index (Phi) is 3.61. The number of methoxy groups -OCH3 is 1. The first-order chi connectivity index (χ1) is 7.72. The number of nitrogens with zero attached hydrogens (tertiary/aromatic N) is 2. The third kappa shape index (κ3) is 2.85. The van der Waals surface area contributed by atoms with Crippen LogP contribution in [0.25, 0.3) is 0 Å². The quantitative estimate of drug-likeness (QED) is 0.893. The van der Waals surface area contributed by atoms with Gasteiger partial charge in [0.1, 0.15) is 0 Å². The number of alkyl halides is 3. The van der Waals surface area contributed by atoms with Crippen molar-refractivity contribution in [3.05, 3.63) is 17.5 Å². The van der Waals surface area contributed by atoms with E-state index in [0.29, 0.717) is 0 Å². The van der Waals surface area contributed by atoms with E-state index in [1.54, 1.807) is 0 Å². The van der Waals surface area contributed by atoms with E-state index in [0.717, 1.165) is 6.20 Å². The van der Waals surface area contributed by atoms with E-state index >= 15 is 0 Å². The zero-order chi connectivity index (χ0) is 13.3. The van der Waals surface area contributed by atoms with E-state index in [1.165, 1.54) is 28.0 Å². The van der Waals surface area contributed by atoms with Crippen LogP contribution in [-0.4, -0.2) is 24.1 Å². The fourth-order valence-corrected chi connectivity index (χ4v) is 1.27. The molecule has 17 heavy (non-hydrogen) atoms. The number of ether oxygens (including phenoxy) is 1. The topological polar surface area (TPSA) is 47.0 Å². The van der Waals surface area contributed by atoms with Gasteiger partial charge in [-0.05, 0) is 13.8 Å². The van der Waals surface area contributed by atoms with E-state index in [1.807, 2.05) is 0 Å². The van der Waals surface area contributed by atoms with Gasteiger partial charge in [-0.25, -0.2) is 9.97 Å². The Bertz CT molecular complexity index is 404. The first-order valence-corrected chi connectivity index (χ1v) is 4.90. The van der Waals surface area contributed by atoms with E-state index in [9.17, 15) is 13.2 Å². The van der Waals surface area contributed by atoms with Gasteiger partial charge in [0.25, 0.3) is 0 Å². The molecular weight excluding hydrogens is 235 g/mol. The van der Waals surface area contributed by atoms with Crippen LogP contribution < -0.4 is 5.32 Å². The Morgan fingerprint density at radius 3 is 2.29 bits per heavy atom. The van der Waals surface area contributed by atoms with E-state index < -0.39 is 17.5 Å². The van der Waals surface area contributed by atoms with Crippen LogP contribution in [0.15, 0.2) is 6.20 Å². The third-order valence-corrected chi connectivity index (χ3v) is 2.44. The van der Waals surface area contributed by atoms with Crippen molar-refractivity contribution in [3.8, 4) is 0 Å². The molecule has 96 valence electrons. The molecule has 0 aliphatic heterocycles. The van der Waals surface area contributed by atoms with Crippen molar-refractivity contribution >= 4 is 5.95 Å². The minimum Gasteiger partial charge on any atom is -0.374 e. The van der Waals surface area contributed by atoms with Crippen molar-refractivity contribution in [3.63, 3.8) is 0 Å². The van der Waals surface area contributed by atoms with Gasteiger partial charge in [0, 0.05) is 25.9 Å². The van der Waals surface area contributed by atoms with Gasteiger partial charge in [0.2, 0.25) is 5.95 Å². The summed E-state index contributed by atoms with van der Waals surface area (Å²) in [6, 6.07) is 0. The van der Waals surface area contributed by atoms with Crippen LogP contribution in [-0.2, 0) is 16.5 Å². The molecule has 0 atom stereocenters. The number of hydrogen-bond acceptors (Lipinski definition) is 4. The van der Waals surface area contributed by atoms with Crippen molar-refractivity contribution in [2.45, 2.75) is 25.6 Å². The molecule has 0 fully saturated rings. The number of halogens is 3. The summed E-state index contributed by atoms with van der Waals surface area (Å²) in [7, 11) is 2.79. The standard InChI is InChI=1S/C10H14F3N3O/c1-9(2,17-4)6-5-15-8(14-3)16-7(6)10(11,12)13/h5H,1-4H3,(H,14,15,16). The molecule has 0 aromatic carbocycles. The molecule has 0 unspecified atom stereocenters. The molecule has 0 aliphatic carbocycles. The number of anilines is 1. The summed E-state index contributed by atoms with van der Waals surface area (Å²) in [5.41, 5.74) is -2.17. The molecule has 0 spiro atoms. The average Bonchev–Trinajstić information content (AvgIpc) is 2.27. The Balaban J connectivity index is 3.41. The van der Waals surface area contributed by atoms with Gasteiger partial charge in [-0.2, -0.15) is 13.2 Å². The van der Waals surface area contributed by atoms with Gasteiger partial charge < -0.3 is 10.1 Å². The number of rotatable bonds is 3. The molecule has 0 radical (unpaired) electrons. The lowest BCUT2D eigenvalue weighted by Gasteiger charge is -2.26. The molecule has 1 heterocycles. The zero-order valence-corrected chi connectivity index (χ0v) is 10.0. The van der Waals surface area contributed by atoms with Gasteiger partial charge in [-0.3, -0.25) is 0 Å². The molecule has 0 saturated carbocycles. The van der Waals surface area contributed by atoms with Gasteiger partial charge >= 0.3 is 6.18 Å². The highest BCUT2D eigenvalue weighted by Crippen LogP contribution is 2.36. The average molecular weight is 249 g/mol.